The molecule has 0 spiro atoms. The van der Waals surface area contributed by atoms with Crippen molar-refractivity contribution in [3.05, 3.63) is 170 Å². The summed E-state index contributed by atoms with van der Waals surface area (Å²) in [5.74, 6) is -0.282. The maximum atomic E-state index is 12.2. The quantitative estimate of drug-likeness (QED) is 0.0382. The van der Waals surface area contributed by atoms with Crippen molar-refractivity contribution in [3.8, 4) is 0 Å². The zero-order chi connectivity index (χ0) is 42.6. The first-order chi connectivity index (χ1) is 29.2. The van der Waals surface area contributed by atoms with Crippen molar-refractivity contribution >= 4 is 5.97 Å². The molecule has 4 heteroatoms. The summed E-state index contributed by atoms with van der Waals surface area (Å²) >= 11 is 0. The molecule has 1 atom stereocenters. The van der Waals surface area contributed by atoms with Crippen LogP contribution in [0.25, 0.3) is 0 Å². The first-order valence-corrected chi connectivity index (χ1v) is 22.7. The Bertz CT molecular complexity index is 1350. The second-order valence-electron chi connectivity index (χ2n) is 14.0. The van der Waals surface area contributed by atoms with Crippen LogP contribution in [0.3, 0.4) is 0 Å². The maximum absolute atomic E-state index is 12.2. The molecule has 1 unspecified atom stereocenters. The van der Waals surface area contributed by atoms with E-state index in [1.807, 2.05) is 0 Å². The van der Waals surface area contributed by atoms with Crippen LogP contribution in [-0.4, -0.2) is 37.0 Å². The monoisotopic (exact) mass is 807 g/mol. The lowest BCUT2D eigenvalue weighted by atomic mass is 10.2. The molecule has 0 aromatic heterocycles. The van der Waals surface area contributed by atoms with Crippen LogP contribution < -0.4 is 0 Å². The topological polar surface area (TPSA) is 55.8 Å². The molecule has 59 heavy (non-hydrogen) atoms. The third-order valence-electron chi connectivity index (χ3n) is 8.54. The van der Waals surface area contributed by atoms with Crippen LogP contribution in [0.15, 0.2) is 170 Å². The van der Waals surface area contributed by atoms with Crippen molar-refractivity contribution in [2.75, 3.05) is 19.8 Å². The third kappa shape index (κ3) is 48.0. The molecule has 1 N–H and O–H groups in total. The zero-order valence-corrected chi connectivity index (χ0v) is 37.2. The SMILES string of the molecule is CC/C=C\C/C=C\C/C=C\C/C=C\C/C=C\C/C=C\C/C=C\CCCCOCC(CO)OC(=O)CCC/C=C\C/C=C\C/C=C\C/C=C\C/C=C\C/C=C\C/C=C\CC. The smallest absolute Gasteiger partial charge is 0.306 e. The van der Waals surface area contributed by atoms with Crippen molar-refractivity contribution in [2.45, 2.75) is 148 Å². The van der Waals surface area contributed by atoms with Crippen LogP contribution in [0.2, 0.25) is 0 Å². The molecule has 0 radical (unpaired) electrons. The molecule has 0 aromatic rings. The minimum atomic E-state index is -0.604. The Morgan fingerprint density at radius 2 is 0.695 bits per heavy atom. The van der Waals surface area contributed by atoms with Crippen LogP contribution in [0, 0.1) is 0 Å². The van der Waals surface area contributed by atoms with Crippen LogP contribution >= 0.6 is 0 Å². The lowest BCUT2D eigenvalue weighted by Gasteiger charge is -2.15. The van der Waals surface area contributed by atoms with Gasteiger partial charge >= 0.3 is 5.97 Å². The fourth-order valence-electron chi connectivity index (χ4n) is 5.24. The Balaban J connectivity index is 3.73. The average molecular weight is 807 g/mol. The van der Waals surface area contributed by atoms with Gasteiger partial charge in [-0.3, -0.25) is 4.79 Å². The number of hydrogen-bond acceptors (Lipinski definition) is 4. The number of aliphatic hydroxyl groups excluding tert-OH is 1. The van der Waals surface area contributed by atoms with Crippen molar-refractivity contribution in [2.24, 2.45) is 0 Å². The molecule has 0 heterocycles. The van der Waals surface area contributed by atoms with Crippen LogP contribution in [0.1, 0.15) is 142 Å². The number of hydrogen-bond donors (Lipinski definition) is 1. The molecule has 0 aliphatic rings. The number of carbonyl (C=O) groups excluding carboxylic acids is 1. The second-order valence-corrected chi connectivity index (χ2v) is 14.0. The van der Waals surface area contributed by atoms with E-state index in [0.29, 0.717) is 13.0 Å². The molecule has 0 bridgehead atoms. The lowest BCUT2D eigenvalue weighted by molar-refractivity contribution is -0.154. The van der Waals surface area contributed by atoms with Gasteiger partial charge < -0.3 is 14.6 Å². The van der Waals surface area contributed by atoms with Gasteiger partial charge in [0.25, 0.3) is 0 Å². The lowest BCUT2D eigenvalue weighted by Crippen LogP contribution is -2.27. The summed E-state index contributed by atoms with van der Waals surface area (Å²) in [6.07, 6.45) is 80.0. The highest BCUT2D eigenvalue weighted by molar-refractivity contribution is 5.69. The Labute approximate surface area is 362 Å². The fourth-order valence-corrected chi connectivity index (χ4v) is 5.24. The molecule has 0 amide bonds. The Kier molecular flexibility index (Phi) is 46.3. The van der Waals surface area contributed by atoms with Gasteiger partial charge in [-0.25, -0.2) is 0 Å². The van der Waals surface area contributed by atoms with Gasteiger partial charge in [-0.1, -0.05) is 184 Å². The summed E-state index contributed by atoms with van der Waals surface area (Å²) in [6.45, 7) is 4.91. The van der Waals surface area contributed by atoms with Gasteiger partial charge in [0.15, 0.2) is 0 Å². The van der Waals surface area contributed by atoms with Crippen molar-refractivity contribution < 1.29 is 19.4 Å². The van der Waals surface area contributed by atoms with E-state index >= 15 is 0 Å². The fraction of sp³-hybridized carbons (Fsp3) is 0.473. The van der Waals surface area contributed by atoms with Gasteiger partial charge in [0.1, 0.15) is 6.10 Å². The summed E-state index contributed by atoms with van der Waals surface area (Å²) in [6, 6.07) is 0. The standard InChI is InChI=1S/C55H82O4/c1-3-5-7-9-11-13-15-17-19-21-23-25-27-29-31-33-35-37-39-41-43-45-47-49-51-58-53-54(52-56)59-55(57)50-48-46-44-42-40-38-36-34-32-30-28-26-24-22-20-18-16-14-12-10-8-6-4-2/h5-8,11-14,17-20,23-26,29-32,35-38,41-44,54,56H,3-4,9-10,15-16,21-22,27-28,33-34,39-40,45-53H2,1-2H3/b7-5-,8-6-,13-11-,14-12-,19-17-,20-18-,25-23-,26-24-,31-29-,32-30-,37-35-,38-36-,43-41-,44-42-. The zero-order valence-electron chi connectivity index (χ0n) is 37.2. The average Bonchev–Trinajstić information content (AvgIpc) is 3.24. The largest absolute Gasteiger partial charge is 0.457 e. The minimum Gasteiger partial charge on any atom is -0.457 e. The molecule has 4 nitrogen and oxygen atoms in total. The molecular weight excluding hydrogens is 725 g/mol. The van der Waals surface area contributed by atoms with E-state index < -0.39 is 6.10 Å². The Hall–Kier alpha value is -4.25. The van der Waals surface area contributed by atoms with Gasteiger partial charge in [0, 0.05) is 13.0 Å². The van der Waals surface area contributed by atoms with Gasteiger partial charge in [-0.05, 0) is 122 Å². The summed E-state index contributed by atoms with van der Waals surface area (Å²) in [4.78, 5) is 12.2. The third-order valence-corrected chi connectivity index (χ3v) is 8.54. The number of aliphatic hydroxyl groups is 1. The summed E-state index contributed by atoms with van der Waals surface area (Å²) in [5, 5.41) is 9.61. The van der Waals surface area contributed by atoms with Crippen LogP contribution in [0.5, 0.6) is 0 Å². The number of esters is 1. The van der Waals surface area contributed by atoms with Crippen LogP contribution in [0.4, 0.5) is 0 Å². The Morgan fingerprint density at radius 3 is 1.00 bits per heavy atom. The first-order valence-electron chi connectivity index (χ1n) is 22.7. The molecule has 0 saturated heterocycles. The van der Waals surface area contributed by atoms with Crippen molar-refractivity contribution in [1.82, 2.24) is 0 Å². The molecule has 0 fully saturated rings. The molecule has 0 saturated carbocycles. The highest BCUT2D eigenvalue weighted by Gasteiger charge is 2.13. The van der Waals surface area contributed by atoms with Gasteiger partial charge in [-0.15, -0.1) is 0 Å². The number of ether oxygens (including phenoxy) is 2. The number of rotatable bonds is 39. The number of allylic oxidation sites excluding steroid dienone is 28. The number of unbranched alkanes of at least 4 members (excludes halogenated alkanes) is 3. The molecular formula is C55H82O4. The van der Waals surface area contributed by atoms with Crippen LogP contribution in [-0.2, 0) is 14.3 Å². The normalized spacial score (nSPS) is 14.0. The van der Waals surface area contributed by atoms with E-state index in [1.165, 1.54) is 0 Å². The summed E-state index contributed by atoms with van der Waals surface area (Å²) in [5.41, 5.74) is 0. The van der Waals surface area contributed by atoms with Gasteiger partial charge in [0.05, 0.1) is 13.2 Å². The van der Waals surface area contributed by atoms with Gasteiger partial charge in [0.2, 0.25) is 0 Å². The van der Waals surface area contributed by atoms with Crippen molar-refractivity contribution in [3.63, 3.8) is 0 Å². The second kappa shape index (κ2) is 49.9. The van der Waals surface area contributed by atoms with E-state index in [-0.39, 0.29) is 19.2 Å². The molecule has 0 rings (SSSR count). The van der Waals surface area contributed by atoms with E-state index in [1.54, 1.807) is 0 Å². The molecule has 0 aromatic carbocycles. The predicted octanol–water partition coefficient (Wildman–Crippen LogP) is 15.5. The van der Waals surface area contributed by atoms with E-state index in [9.17, 15) is 9.90 Å². The Morgan fingerprint density at radius 1 is 0.407 bits per heavy atom. The molecule has 0 aliphatic heterocycles. The molecule has 326 valence electrons. The highest BCUT2D eigenvalue weighted by Crippen LogP contribution is 2.05. The summed E-state index contributed by atoms with van der Waals surface area (Å²) in [7, 11) is 0. The van der Waals surface area contributed by atoms with Crippen molar-refractivity contribution in [1.29, 1.82) is 0 Å². The maximum Gasteiger partial charge on any atom is 0.306 e. The predicted molar refractivity (Wildman–Crippen MR) is 259 cm³/mol. The first kappa shape index (κ1) is 54.8. The van der Waals surface area contributed by atoms with E-state index in [0.717, 1.165) is 122 Å². The highest BCUT2D eigenvalue weighted by atomic mass is 16.6. The molecule has 0 aliphatic carbocycles. The van der Waals surface area contributed by atoms with E-state index in [4.69, 9.17) is 9.47 Å². The van der Waals surface area contributed by atoms with Gasteiger partial charge in [-0.2, -0.15) is 0 Å². The summed E-state index contributed by atoms with van der Waals surface area (Å²) < 4.78 is 11.1. The van der Waals surface area contributed by atoms with E-state index in [2.05, 4.69) is 184 Å². The number of carbonyl (C=O) groups is 1. The minimum absolute atomic E-state index is 0.227.